The fourth-order valence-corrected chi connectivity index (χ4v) is 8.18. The molecule has 1 N–H and O–H groups in total. The summed E-state index contributed by atoms with van der Waals surface area (Å²) in [5.41, 5.74) is 3.46. The number of fused-ring (bicyclic) bond motifs is 3. The first-order valence-electron chi connectivity index (χ1n) is 17.7. The summed E-state index contributed by atoms with van der Waals surface area (Å²) in [6, 6.07) is 25.2. The van der Waals surface area contributed by atoms with Crippen LogP contribution in [-0.2, 0) is 16.1 Å². The van der Waals surface area contributed by atoms with Crippen molar-refractivity contribution in [3.8, 4) is 5.75 Å². The Balaban J connectivity index is 1.05. The van der Waals surface area contributed by atoms with Crippen LogP contribution in [0.4, 0.5) is 4.79 Å². The SMILES string of the molecule is O=C(c1ccc(COc2cccc([C@H](c3ccccc3)N(C(=O)O)C3CN4CCC3CC4)c2)cc1)N(CCC1OCCO1)C1CCCC1. The average molecular weight is 654 g/mol. The second-order valence-electron chi connectivity index (χ2n) is 13.7. The van der Waals surface area contributed by atoms with Gasteiger partial charge in [0.05, 0.1) is 25.3 Å². The van der Waals surface area contributed by atoms with E-state index in [9.17, 15) is 14.7 Å². The maximum atomic E-state index is 13.7. The van der Waals surface area contributed by atoms with Crippen molar-refractivity contribution in [2.45, 2.75) is 76.0 Å². The lowest BCUT2D eigenvalue weighted by Gasteiger charge is -2.50. The van der Waals surface area contributed by atoms with Crippen LogP contribution in [0.3, 0.4) is 0 Å². The van der Waals surface area contributed by atoms with Crippen molar-refractivity contribution in [2.24, 2.45) is 5.92 Å². The van der Waals surface area contributed by atoms with E-state index in [2.05, 4.69) is 4.90 Å². The van der Waals surface area contributed by atoms with Crippen LogP contribution in [-0.4, -0.2) is 89.6 Å². The molecule has 8 rings (SSSR count). The van der Waals surface area contributed by atoms with Gasteiger partial charge in [-0.25, -0.2) is 4.79 Å². The Labute approximate surface area is 283 Å². The number of hydrogen-bond donors (Lipinski definition) is 1. The molecule has 1 aliphatic carbocycles. The Morgan fingerprint density at radius 1 is 0.875 bits per heavy atom. The zero-order valence-corrected chi connectivity index (χ0v) is 27.6. The van der Waals surface area contributed by atoms with E-state index in [0.717, 1.165) is 74.8 Å². The van der Waals surface area contributed by atoms with E-state index in [1.165, 1.54) is 0 Å². The molecular weight excluding hydrogens is 606 g/mol. The summed E-state index contributed by atoms with van der Waals surface area (Å²) in [5, 5.41) is 10.6. The minimum atomic E-state index is -0.893. The third kappa shape index (κ3) is 7.38. The Morgan fingerprint density at radius 2 is 1.58 bits per heavy atom. The highest BCUT2D eigenvalue weighted by molar-refractivity contribution is 5.94. The second-order valence-corrected chi connectivity index (χ2v) is 13.7. The molecule has 0 spiro atoms. The van der Waals surface area contributed by atoms with Crippen molar-refractivity contribution >= 4 is 12.0 Å². The number of ether oxygens (including phenoxy) is 3. The molecule has 2 amide bonds. The molecule has 9 heteroatoms. The zero-order chi connectivity index (χ0) is 32.9. The van der Waals surface area contributed by atoms with Crippen molar-refractivity contribution in [1.29, 1.82) is 0 Å². The van der Waals surface area contributed by atoms with E-state index >= 15 is 0 Å². The van der Waals surface area contributed by atoms with Gasteiger partial charge in [-0.05, 0) is 85.6 Å². The summed E-state index contributed by atoms with van der Waals surface area (Å²) < 4.78 is 17.5. The van der Waals surface area contributed by atoms with Crippen LogP contribution in [0, 0.1) is 5.92 Å². The van der Waals surface area contributed by atoms with Crippen molar-refractivity contribution < 1.29 is 28.9 Å². The maximum absolute atomic E-state index is 13.7. The zero-order valence-electron chi connectivity index (χ0n) is 27.6. The van der Waals surface area contributed by atoms with Crippen molar-refractivity contribution in [3.63, 3.8) is 0 Å². The topological polar surface area (TPSA) is 91.8 Å². The minimum absolute atomic E-state index is 0.0537. The molecule has 3 aromatic carbocycles. The van der Waals surface area contributed by atoms with E-state index in [0.29, 0.717) is 50.0 Å². The molecular formula is C39H47N3O6. The third-order valence-corrected chi connectivity index (χ3v) is 10.7. The van der Waals surface area contributed by atoms with Crippen LogP contribution in [0.25, 0.3) is 0 Å². The van der Waals surface area contributed by atoms with E-state index in [1.807, 2.05) is 83.8 Å². The lowest BCUT2D eigenvalue weighted by Crippen LogP contribution is -2.59. The van der Waals surface area contributed by atoms with Gasteiger partial charge in [0, 0.05) is 31.1 Å². The standard InChI is InChI=1S/C39H47N3O6/c43-38(41(33-10-4-5-11-33)22-19-36-46-23-24-47-36)31-15-13-28(14-16-31)27-48-34-12-6-9-32(25-34)37(30-7-2-1-3-8-30)42(39(44)45)35-26-40-20-17-29(35)18-21-40/h1-3,6-9,12-16,25,29,33,35-37H,4-5,10-11,17-24,26-27H2,(H,44,45)/t35?,37-/m0/s1. The van der Waals surface area contributed by atoms with Gasteiger partial charge < -0.3 is 29.1 Å². The second kappa shape index (κ2) is 15.1. The number of carboxylic acid groups (broad SMARTS) is 1. The quantitative estimate of drug-likeness (QED) is 0.236. The van der Waals surface area contributed by atoms with Gasteiger partial charge in [0.25, 0.3) is 5.91 Å². The molecule has 4 heterocycles. The molecule has 5 fully saturated rings. The molecule has 0 radical (unpaired) electrons. The van der Waals surface area contributed by atoms with E-state index in [-0.39, 0.29) is 24.3 Å². The Bertz CT molecular complexity index is 1510. The third-order valence-electron chi connectivity index (χ3n) is 10.7. The fraction of sp³-hybridized carbons (Fsp3) is 0.487. The fourth-order valence-electron chi connectivity index (χ4n) is 8.18. The van der Waals surface area contributed by atoms with Crippen molar-refractivity contribution in [3.05, 3.63) is 101 Å². The monoisotopic (exact) mass is 653 g/mol. The van der Waals surface area contributed by atoms with Crippen LogP contribution in [0.5, 0.6) is 5.75 Å². The molecule has 1 saturated carbocycles. The summed E-state index contributed by atoms with van der Waals surface area (Å²) in [6.07, 6.45) is 6.02. The summed E-state index contributed by atoms with van der Waals surface area (Å²) >= 11 is 0. The number of piperidine rings is 3. The van der Waals surface area contributed by atoms with Crippen molar-refractivity contribution in [2.75, 3.05) is 39.4 Å². The number of benzene rings is 3. The molecule has 5 aliphatic rings. The van der Waals surface area contributed by atoms with Gasteiger partial charge >= 0.3 is 6.09 Å². The summed E-state index contributed by atoms with van der Waals surface area (Å²) in [4.78, 5) is 32.8. The highest BCUT2D eigenvalue weighted by atomic mass is 16.7. The smallest absolute Gasteiger partial charge is 0.408 e. The first-order valence-corrected chi connectivity index (χ1v) is 17.7. The van der Waals surface area contributed by atoms with Gasteiger partial charge in [-0.3, -0.25) is 9.69 Å². The Morgan fingerprint density at radius 3 is 2.25 bits per heavy atom. The van der Waals surface area contributed by atoms with Gasteiger partial charge in [-0.15, -0.1) is 0 Å². The molecule has 4 saturated heterocycles. The van der Waals surface area contributed by atoms with Crippen LogP contribution >= 0.6 is 0 Å². The Kier molecular flexibility index (Phi) is 10.3. The van der Waals surface area contributed by atoms with Gasteiger partial charge in [0.1, 0.15) is 12.4 Å². The average Bonchev–Trinajstić information content (AvgIpc) is 3.86. The van der Waals surface area contributed by atoms with E-state index in [1.54, 1.807) is 4.90 Å². The van der Waals surface area contributed by atoms with Gasteiger partial charge in [-0.2, -0.15) is 0 Å². The number of nitrogens with zero attached hydrogens (tertiary/aromatic N) is 3. The van der Waals surface area contributed by atoms with Crippen LogP contribution in [0.15, 0.2) is 78.9 Å². The summed E-state index contributed by atoms with van der Waals surface area (Å²) in [6.45, 7) is 5.06. The predicted octanol–water partition coefficient (Wildman–Crippen LogP) is 6.58. The lowest BCUT2D eigenvalue weighted by molar-refractivity contribution is -0.0516. The first kappa shape index (κ1) is 32.6. The summed E-state index contributed by atoms with van der Waals surface area (Å²) in [7, 11) is 0. The molecule has 4 aliphatic heterocycles. The van der Waals surface area contributed by atoms with Gasteiger partial charge in [-0.1, -0.05) is 67.4 Å². The first-order chi connectivity index (χ1) is 23.5. The van der Waals surface area contributed by atoms with Crippen molar-refractivity contribution in [1.82, 2.24) is 14.7 Å². The summed E-state index contributed by atoms with van der Waals surface area (Å²) in [5.74, 6) is 1.10. The van der Waals surface area contributed by atoms with E-state index in [4.69, 9.17) is 14.2 Å². The van der Waals surface area contributed by atoms with Gasteiger partial charge in [0.2, 0.25) is 0 Å². The van der Waals surface area contributed by atoms with Gasteiger partial charge in [0.15, 0.2) is 6.29 Å². The number of hydrogen-bond acceptors (Lipinski definition) is 6. The van der Waals surface area contributed by atoms with Crippen LogP contribution < -0.4 is 4.74 Å². The normalized spacial score (nSPS) is 23.2. The molecule has 48 heavy (non-hydrogen) atoms. The molecule has 9 nitrogen and oxygen atoms in total. The molecule has 254 valence electrons. The molecule has 0 aromatic heterocycles. The van der Waals surface area contributed by atoms with E-state index < -0.39 is 12.1 Å². The predicted molar refractivity (Wildman–Crippen MR) is 182 cm³/mol. The molecule has 2 bridgehead atoms. The largest absolute Gasteiger partial charge is 0.489 e. The number of amides is 2. The minimum Gasteiger partial charge on any atom is -0.489 e. The Hall–Kier alpha value is -3.92. The highest BCUT2D eigenvalue weighted by Crippen LogP contribution is 2.39. The number of rotatable bonds is 12. The molecule has 3 aromatic rings. The van der Waals surface area contributed by atoms with Crippen LogP contribution in [0.2, 0.25) is 0 Å². The lowest BCUT2D eigenvalue weighted by atomic mass is 9.81. The molecule has 1 unspecified atom stereocenters. The maximum Gasteiger partial charge on any atom is 0.408 e. The number of carbonyl (C=O) groups is 2. The highest BCUT2D eigenvalue weighted by Gasteiger charge is 2.43. The molecule has 2 atom stereocenters. The number of carbonyl (C=O) groups excluding carboxylic acids is 1. The van der Waals surface area contributed by atoms with Crippen LogP contribution in [0.1, 0.15) is 78.0 Å².